The van der Waals surface area contributed by atoms with Crippen LogP contribution in [0.2, 0.25) is 5.02 Å². The summed E-state index contributed by atoms with van der Waals surface area (Å²) in [5, 5.41) is 3.34. The lowest BCUT2D eigenvalue weighted by Crippen LogP contribution is -2.34. The molecule has 2 aromatic carbocycles. The third-order valence-corrected chi connectivity index (χ3v) is 4.38. The molecule has 0 bridgehead atoms. The van der Waals surface area contributed by atoms with E-state index >= 15 is 0 Å². The molecule has 2 aromatic rings. The lowest BCUT2D eigenvalue weighted by molar-refractivity contribution is -0.123. The van der Waals surface area contributed by atoms with Crippen molar-refractivity contribution in [3.8, 4) is 5.75 Å². The first kappa shape index (κ1) is 18.2. The quantitative estimate of drug-likeness (QED) is 0.843. The highest BCUT2D eigenvalue weighted by Crippen LogP contribution is 2.26. The lowest BCUT2D eigenvalue weighted by atomic mass is 10.1. The predicted octanol–water partition coefficient (Wildman–Crippen LogP) is 3.03. The van der Waals surface area contributed by atoms with Gasteiger partial charge in [0.2, 0.25) is 5.91 Å². The van der Waals surface area contributed by atoms with Crippen LogP contribution in [0.4, 0.5) is 10.1 Å². The maximum atomic E-state index is 13.4. The molecule has 7 heteroatoms. The maximum Gasteiger partial charge on any atom is 0.257 e. The van der Waals surface area contributed by atoms with Gasteiger partial charge in [-0.25, -0.2) is 4.39 Å². The molecular formula is C19H18ClFN2O3. The Bertz CT molecular complexity index is 798. The largest absolute Gasteiger partial charge is 0.481 e. The molecule has 1 aliphatic rings. The lowest BCUT2D eigenvalue weighted by Gasteiger charge is -2.17. The minimum Gasteiger partial charge on any atom is -0.481 e. The number of hydrogen-bond donors (Lipinski definition) is 1. The van der Waals surface area contributed by atoms with E-state index in [-0.39, 0.29) is 30.1 Å². The number of amides is 2. The van der Waals surface area contributed by atoms with Gasteiger partial charge in [-0.3, -0.25) is 9.59 Å². The van der Waals surface area contributed by atoms with Gasteiger partial charge in [-0.05, 0) is 36.4 Å². The highest BCUT2D eigenvalue weighted by Gasteiger charge is 2.30. The summed E-state index contributed by atoms with van der Waals surface area (Å²) < 4.78 is 18.6. The molecule has 0 saturated carbocycles. The number of benzene rings is 2. The zero-order chi connectivity index (χ0) is 18.5. The molecule has 0 aromatic heterocycles. The summed E-state index contributed by atoms with van der Waals surface area (Å²) in [5.74, 6) is -0.816. The van der Waals surface area contributed by atoms with E-state index < -0.39 is 5.82 Å². The normalized spacial score (nSPS) is 16.6. The van der Waals surface area contributed by atoms with Gasteiger partial charge in [-0.15, -0.1) is 0 Å². The number of halogens is 2. The van der Waals surface area contributed by atoms with Gasteiger partial charge in [0.15, 0.2) is 18.2 Å². The Morgan fingerprint density at radius 3 is 2.69 bits per heavy atom. The molecule has 0 unspecified atom stereocenters. The van der Waals surface area contributed by atoms with Crippen molar-refractivity contribution >= 4 is 29.1 Å². The van der Waals surface area contributed by atoms with E-state index in [0.29, 0.717) is 24.5 Å². The number of nitrogens with one attached hydrogen (secondary N) is 1. The van der Waals surface area contributed by atoms with Crippen molar-refractivity contribution in [2.75, 3.05) is 24.6 Å². The molecule has 0 spiro atoms. The summed E-state index contributed by atoms with van der Waals surface area (Å²) in [7, 11) is 0. The Morgan fingerprint density at radius 1 is 1.23 bits per heavy atom. The van der Waals surface area contributed by atoms with Crippen molar-refractivity contribution in [3.63, 3.8) is 0 Å². The predicted molar refractivity (Wildman–Crippen MR) is 96.8 cm³/mol. The Morgan fingerprint density at radius 2 is 1.96 bits per heavy atom. The molecule has 0 radical (unpaired) electrons. The molecule has 1 fully saturated rings. The molecule has 3 rings (SSSR count). The molecule has 1 aliphatic heterocycles. The first-order chi connectivity index (χ1) is 12.5. The zero-order valence-electron chi connectivity index (χ0n) is 14.0. The SMILES string of the molecule is O=C(COc1ccccc1F)NC[C@@H]1CC(=O)N(c2ccc(Cl)cc2)C1. The molecule has 136 valence electrons. The summed E-state index contributed by atoms with van der Waals surface area (Å²) in [4.78, 5) is 25.7. The van der Waals surface area contributed by atoms with Crippen LogP contribution in [-0.4, -0.2) is 31.5 Å². The minimum absolute atomic E-state index is 0.00850. The number of carbonyl (C=O) groups excluding carboxylic acids is 2. The van der Waals surface area contributed by atoms with E-state index in [1.165, 1.54) is 12.1 Å². The van der Waals surface area contributed by atoms with Crippen LogP contribution in [0.25, 0.3) is 0 Å². The van der Waals surface area contributed by atoms with E-state index in [9.17, 15) is 14.0 Å². The van der Waals surface area contributed by atoms with Gasteiger partial charge in [-0.2, -0.15) is 0 Å². The third kappa shape index (κ3) is 4.52. The van der Waals surface area contributed by atoms with E-state index in [1.54, 1.807) is 41.3 Å². The number of hydrogen-bond acceptors (Lipinski definition) is 3. The fraction of sp³-hybridized carbons (Fsp3) is 0.263. The van der Waals surface area contributed by atoms with Crippen LogP contribution in [0.15, 0.2) is 48.5 Å². The average Bonchev–Trinajstić information content (AvgIpc) is 3.01. The molecular weight excluding hydrogens is 359 g/mol. The zero-order valence-corrected chi connectivity index (χ0v) is 14.7. The molecule has 5 nitrogen and oxygen atoms in total. The number of rotatable bonds is 6. The first-order valence-electron chi connectivity index (χ1n) is 8.23. The fourth-order valence-electron chi connectivity index (χ4n) is 2.80. The topological polar surface area (TPSA) is 58.6 Å². The van der Waals surface area contributed by atoms with Crippen LogP contribution in [0.5, 0.6) is 5.75 Å². The molecule has 26 heavy (non-hydrogen) atoms. The Labute approximate surface area is 155 Å². The molecule has 1 saturated heterocycles. The van der Waals surface area contributed by atoms with Gasteiger partial charge in [0.1, 0.15) is 0 Å². The van der Waals surface area contributed by atoms with E-state index in [4.69, 9.17) is 16.3 Å². The number of para-hydroxylation sites is 1. The van der Waals surface area contributed by atoms with Crippen LogP contribution < -0.4 is 15.0 Å². The van der Waals surface area contributed by atoms with E-state index in [1.807, 2.05) is 0 Å². The van der Waals surface area contributed by atoms with Crippen LogP contribution in [0, 0.1) is 11.7 Å². The van der Waals surface area contributed by atoms with Crippen molar-refractivity contribution < 1.29 is 18.7 Å². The molecule has 0 aliphatic carbocycles. The standard InChI is InChI=1S/C19H18ClFN2O3/c20-14-5-7-15(8-6-14)23-11-13(9-19(23)25)10-22-18(24)12-26-17-4-2-1-3-16(17)21/h1-8,13H,9-12H2,(H,22,24)/t13-/m0/s1. The Balaban J connectivity index is 1.46. The van der Waals surface area contributed by atoms with Gasteiger partial charge in [0.05, 0.1) is 0 Å². The molecule has 1 N–H and O–H groups in total. The average molecular weight is 377 g/mol. The first-order valence-corrected chi connectivity index (χ1v) is 8.60. The maximum absolute atomic E-state index is 13.4. The molecule has 2 amide bonds. The van der Waals surface area contributed by atoms with Crippen molar-refractivity contribution in [3.05, 3.63) is 59.4 Å². The smallest absolute Gasteiger partial charge is 0.257 e. The van der Waals surface area contributed by atoms with Crippen LogP contribution in [-0.2, 0) is 9.59 Å². The summed E-state index contributed by atoms with van der Waals surface area (Å²) in [6.07, 6.45) is 0.358. The molecule has 1 heterocycles. The van der Waals surface area contributed by atoms with Crippen LogP contribution in [0.3, 0.4) is 0 Å². The number of anilines is 1. The summed E-state index contributed by atoms with van der Waals surface area (Å²) >= 11 is 5.87. The fourth-order valence-corrected chi connectivity index (χ4v) is 2.93. The summed E-state index contributed by atoms with van der Waals surface area (Å²) in [6.45, 7) is 0.604. The Kier molecular flexibility index (Phi) is 5.73. The second kappa shape index (κ2) is 8.19. The van der Waals surface area contributed by atoms with Crippen LogP contribution in [0.1, 0.15) is 6.42 Å². The van der Waals surface area contributed by atoms with Gasteiger partial charge in [0, 0.05) is 36.1 Å². The van der Waals surface area contributed by atoms with E-state index in [2.05, 4.69) is 5.32 Å². The molecule has 1 atom stereocenters. The Hall–Kier alpha value is -2.60. The van der Waals surface area contributed by atoms with Gasteiger partial charge < -0.3 is 15.0 Å². The second-order valence-corrected chi connectivity index (χ2v) is 6.51. The second-order valence-electron chi connectivity index (χ2n) is 6.07. The number of nitrogens with zero attached hydrogens (tertiary/aromatic N) is 1. The van der Waals surface area contributed by atoms with Crippen LogP contribution >= 0.6 is 11.6 Å². The van der Waals surface area contributed by atoms with Crippen molar-refractivity contribution in [2.24, 2.45) is 5.92 Å². The minimum atomic E-state index is -0.514. The number of carbonyl (C=O) groups is 2. The monoisotopic (exact) mass is 376 g/mol. The van der Waals surface area contributed by atoms with Gasteiger partial charge in [-0.1, -0.05) is 23.7 Å². The van der Waals surface area contributed by atoms with Crippen molar-refractivity contribution in [1.82, 2.24) is 5.32 Å². The van der Waals surface area contributed by atoms with Gasteiger partial charge in [0.25, 0.3) is 5.91 Å². The summed E-state index contributed by atoms with van der Waals surface area (Å²) in [6, 6.07) is 13.0. The van der Waals surface area contributed by atoms with Crippen molar-refractivity contribution in [1.29, 1.82) is 0 Å². The summed E-state index contributed by atoms with van der Waals surface area (Å²) in [5.41, 5.74) is 0.788. The number of ether oxygens (including phenoxy) is 1. The van der Waals surface area contributed by atoms with E-state index in [0.717, 1.165) is 5.69 Å². The highest BCUT2D eigenvalue weighted by molar-refractivity contribution is 6.30. The third-order valence-electron chi connectivity index (χ3n) is 4.13. The van der Waals surface area contributed by atoms with Gasteiger partial charge >= 0.3 is 0 Å². The van der Waals surface area contributed by atoms with Crippen molar-refractivity contribution in [2.45, 2.75) is 6.42 Å². The highest BCUT2D eigenvalue weighted by atomic mass is 35.5.